The molecule has 1 N–H and O–H groups in total. The first-order valence-corrected chi connectivity index (χ1v) is 15.1. The Morgan fingerprint density at radius 3 is 2.72 bits per heavy atom. The Labute approximate surface area is 254 Å². The number of methoxy groups -OCH3 is 1. The molecular formula is C33H33ClFN5O3. The minimum atomic E-state index is -0.499. The molecule has 2 atom stereocenters. The Bertz CT molecular complexity index is 1710. The van der Waals surface area contributed by atoms with Crippen LogP contribution in [0.2, 0.25) is 5.02 Å². The largest absolute Gasteiger partial charge is 0.481 e. The summed E-state index contributed by atoms with van der Waals surface area (Å²) in [5, 5.41) is 8.38. The molecule has 10 heteroatoms. The number of nitrogens with one attached hydrogen (secondary N) is 1. The van der Waals surface area contributed by atoms with E-state index in [2.05, 4.69) is 26.6 Å². The fraction of sp³-hybridized carbons (Fsp3) is 0.364. The predicted octanol–water partition coefficient (Wildman–Crippen LogP) is 6.51. The van der Waals surface area contributed by atoms with Crippen molar-refractivity contribution in [2.24, 2.45) is 0 Å². The number of likely N-dealkylation sites (tertiary alicyclic amines) is 1. The lowest BCUT2D eigenvalue weighted by Crippen LogP contribution is -2.35. The Morgan fingerprint density at radius 1 is 1.14 bits per heavy atom. The van der Waals surface area contributed by atoms with Crippen LogP contribution in [0.3, 0.4) is 0 Å². The average molecular weight is 602 g/mol. The molecule has 0 bridgehead atoms. The number of benzene rings is 2. The molecule has 0 saturated carbocycles. The molecule has 5 heterocycles. The van der Waals surface area contributed by atoms with Crippen LogP contribution in [0.4, 0.5) is 4.39 Å². The van der Waals surface area contributed by atoms with Crippen LogP contribution in [0.15, 0.2) is 54.7 Å². The monoisotopic (exact) mass is 601 g/mol. The lowest BCUT2D eigenvalue weighted by Gasteiger charge is -2.34. The molecule has 7 rings (SSSR count). The summed E-state index contributed by atoms with van der Waals surface area (Å²) in [6.07, 6.45) is 8.39. The van der Waals surface area contributed by atoms with Crippen LogP contribution >= 0.6 is 11.6 Å². The number of aromatic nitrogens is 3. The van der Waals surface area contributed by atoms with Gasteiger partial charge in [-0.1, -0.05) is 41.9 Å². The number of imidazole rings is 1. The molecule has 0 radical (unpaired) electrons. The van der Waals surface area contributed by atoms with E-state index < -0.39 is 6.10 Å². The quantitative estimate of drug-likeness (QED) is 0.192. The van der Waals surface area contributed by atoms with E-state index in [1.165, 1.54) is 18.7 Å². The van der Waals surface area contributed by atoms with Crippen molar-refractivity contribution in [3.05, 3.63) is 93.8 Å². The van der Waals surface area contributed by atoms with Crippen LogP contribution in [0, 0.1) is 11.2 Å². The molecule has 2 saturated heterocycles. The number of nitrogens with zero attached hydrogens (tertiary/aromatic N) is 4. The van der Waals surface area contributed by atoms with Gasteiger partial charge in [0.1, 0.15) is 29.2 Å². The molecular weight excluding hydrogens is 569 g/mol. The molecule has 3 aliphatic heterocycles. The van der Waals surface area contributed by atoms with Gasteiger partial charge < -0.3 is 18.8 Å². The van der Waals surface area contributed by atoms with Gasteiger partial charge in [-0.25, -0.2) is 14.4 Å². The molecule has 43 heavy (non-hydrogen) atoms. The van der Waals surface area contributed by atoms with Crippen molar-refractivity contribution in [2.45, 2.75) is 50.5 Å². The third-order valence-corrected chi connectivity index (χ3v) is 9.00. The van der Waals surface area contributed by atoms with Crippen molar-refractivity contribution in [1.82, 2.24) is 19.4 Å². The number of fused-ring (bicyclic) bond motifs is 2. The summed E-state index contributed by atoms with van der Waals surface area (Å²) in [5.74, 6) is 1.81. The van der Waals surface area contributed by atoms with Crippen molar-refractivity contribution in [1.29, 1.82) is 5.41 Å². The van der Waals surface area contributed by atoms with Gasteiger partial charge >= 0.3 is 0 Å². The molecule has 8 nitrogen and oxygen atoms in total. The molecule has 222 valence electrons. The number of piperidine rings is 1. The van der Waals surface area contributed by atoms with Crippen molar-refractivity contribution in [3.63, 3.8) is 0 Å². The highest BCUT2D eigenvalue weighted by molar-refractivity contribution is 6.30. The van der Waals surface area contributed by atoms with Gasteiger partial charge in [0.25, 0.3) is 0 Å². The maximum Gasteiger partial charge on any atom is 0.232 e. The van der Waals surface area contributed by atoms with E-state index in [1.54, 1.807) is 18.3 Å². The van der Waals surface area contributed by atoms with Crippen LogP contribution < -0.4 is 4.74 Å². The van der Waals surface area contributed by atoms with Gasteiger partial charge in [0.05, 0.1) is 43.5 Å². The second kappa shape index (κ2) is 11.7. The second-order valence-electron chi connectivity index (χ2n) is 11.4. The summed E-state index contributed by atoms with van der Waals surface area (Å²) in [6.45, 7) is 4.09. The van der Waals surface area contributed by atoms with Crippen molar-refractivity contribution in [2.75, 3.05) is 26.8 Å². The van der Waals surface area contributed by atoms with Crippen molar-refractivity contribution >= 4 is 34.6 Å². The minimum Gasteiger partial charge on any atom is -0.481 e. The molecule has 2 fully saturated rings. The summed E-state index contributed by atoms with van der Waals surface area (Å²) >= 11 is 5.98. The van der Waals surface area contributed by atoms with E-state index in [0.29, 0.717) is 22.2 Å². The van der Waals surface area contributed by atoms with Gasteiger partial charge in [0.15, 0.2) is 0 Å². The number of halogens is 2. The second-order valence-corrected chi connectivity index (χ2v) is 11.8. The van der Waals surface area contributed by atoms with E-state index in [1.807, 2.05) is 24.3 Å². The number of hydrogen-bond donors (Lipinski definition) is 1. The maximum atomic E-state index is 14.7. The van der Waals surface area contributed by atoms with Crippen LogP contribution in [0.25, 0.3) is 17.1 Å². The Hall–Kier alpha value is -3.79. The van der Waals surface area contributed by atoms with Gasteiger partial charge in [-0.2, -0.15) is 0 Å². The first-order valence-electron chi connectivity index (χ1n) is 14.7. The minimum absolute atomic E-state index is 0.0228. The Kier molecular flexibility index (Phi) is 7.63. The number of ether oxygens (including phenoxy) is 3. The third-order valence-electron chi connectivity index (χ3n) is 8.76. The van der Waals surface area contributed by atoms with E-state index in [9.17, 15) is 4.39 Å². The van der Waals surface area contributed by atoms with Gasteiger partial charge in [-0.05, 0) is 68.1 Å². The van der Waals surface area contributed by atoms with E-state index in [4.69, 9.17) is 36.2 Å². The summed E-state index contributed by atoms with van der Waals surface area (Å²) in [4.78, 5) is 11.9. The zero-order chi connectivity index (χ0) is 29.5. The zero-order valence-electron chi connectivity index (χ0n) is 23.9. The molecule has 0 spiro atoms. The van der Waals surface area contributed by atoms with Crippen LogP contribution in [0.5, 0.6) is 5.75 Å². The smallest absolute Gasteiger partial charge is 0.232 e. The molecule has 0 aliphatic carbocycles. The molecule has 2 aromatic carbocycles. The summed E-state index contributed by atoms with van der Waals surface area (Å²) in [7, 11) is 1.47. The topological polar surface area (TPSA) is 85.5 Å². The highest BCUT2D eigenvalue weighted by Gasteiger charge is 2.29. The molecule has 0 unspecified atom stereocenters. The van der Waals surface area contributed by atoms with Gasteiger partial charge in [-0.15, -0.1) is 0 Å². The SMILES string of the molecule is COC(=N)c1cc2nc(CN3CCC(c4cccc5c4O[C@@H](c4ccc(Cl)cc4F)C=C5)CC3)n(C[C@@H]3CCO3)c2cn1. The van der Waals surface area contributed by atoms with Gasteiger partial charge in [0, 0.05) is 22.8 Å². The fourth-order valence-electron chi connectivity index (χ4n) is 6.28. The van der Waals surface area contributed by atoms with Gasteiger partial charge in [0.2, 0.25) is 5.90 Å². The normalized spacial score (nSPS) is 20.4. The summed E-state index contributed by atoms with van der Waals surface area (Å²) in [6, 6.07) is 12.8. The maximum absolute atomic E-state index is 14.7. The number of para-hydroxylation sites is 1. The highest BCUT2D eigenvalue weighted by atomic mass is 35.5. The van der Waals surface area contributed by atoms with E-state index in [0.717, 1.165) is 80.2 Å². The van der Waals surface area contributed by atoms with Crippen LogP contribution in [-0.2, 0) is 22.6 Å². The highest BCUT2D eigenvalue weighted by Crippen LogP contribution is 2.42. The zero-order valence-corrected chi connectivity index (χ0v) is 24.7. The first-order chi connectivity index (χ1) is 21.0. The Balaban J connectivity index is 1.08. The van der Waals surface area contributed by atoms with E-state index >= 15 is 0 Å². The summed E-state index contributed by atoms with van der Waals surface area (Å²) < 4.78 is 34.2. The predicted molar refractivity (Wildman–Crippen MR) is 163 cm³/mol. The standard InChI is InChI=1S/C33H33ClFN5O3/c1-41-33(36)28-16-27-29(17-37-28)40(18-23-11-14-42-23)31(38-27)19-39-12-9-20(10-13-39)24-4-2-3-21-5-8-30(43-32(21)24)25-7-6-22(34)15-26(25)35/h2-8,15-17,20,23,30,36H,9-14,18-19H2,1H3/t23-,30+/m0/s1. The average Bonchev–Trinajstić information content (AvgIpc) is 3.34. The fourth-order valence-corrected chi connectivity index (χ4v) is 6.44. The van der Waals surface area contributed by atoms with Crippen molar-refractivity contribution in [3.8, 4) is 5.75 Å². The Morgan fingerprint density at radius 2 is 1.98 bits per heavy atom. The number of pyridine rings is 1. The van der Waals surface area contributed by atoms with E-state index in [-0.39, 0.29) is 17.8 Å². The lowest BCUT2D eigenvalue weighted by atomic mass is 9.87. The number of hydrogen-bond acceptors (Lipinski definition) is 7. The lowest BCUT2D eigenvalue weighted by molar-refractivity contribution is -0.0592. The molecule has 0 amide bonds. The van der Waals surface area contributed by atoms with Gasteiger partial charge in [-0.3, -0.25) is 10.3 Å². The van der Waals surface area contributed by atoms with Crippen LogP contribution in [0.1, 0.15) is 59.5 Å². The third kappa shape index (κ3) is 5.53. The first kappa shape index (κ1) is 28.0. The molecule has 3 aliphatic rings. The van der Waals surface area contributed by atoms with Crippen molar-refractivity contribution < 1.29 is 18.6 Å². The molecule has 2 aromatic heterocycles. The summed E-state index contributed by atoms with van der Waals surface area (Å²) in [5.41, 5.74) is 4.90. The molecule has 4 aromatic rings. The van der Waals surface area contributed by atoms with Crippen LogP contribution in [-0.4, -0.2) is 58.2 Å². The number of rotatable bonds is 7.